The normalized spacial score (nSPS) is 16.4. The van der Waals surface area contributed by atoms with Gasteiger partial charge in [-0.2, -0.15) is 0 Å². The molecule has 0 saturated carbocycles. The number of amides is 1. The zero-order valence-corrected chi connectivity index (χ0v) is 24.8. The summed E-state index contributed by atoms with van der Waals surface area (Å²) in [6.07, 6.45) is 10.8. The van der Waals surface area contributed by atoms with E-state index in [0.717, 1.165) is 53.5 Å². The molecule has 1 unspecified atom stereocenters. The Morgan fingerprint density at radius 1 is 1.13 bits per heavy atom. The molecule has 1 fully saturated rings. The summed E-state index contributed by atoms with van der Waals surface area (Å²) in [5.41, 5.74) is 4.55. The molecule has 2 aliphatic rings. The van der Waals surface area contributed by atoms with Gasteiger partial charge in [0.05, 0.1) is 0 Å². The standard InChI is InChI=1S/C29H38FN3O.C3H6.C2H6/c1-3-4-8-27-9-5-6-17-32(27)18-7-16-31-22(2)24-12-13-25-21-33(29(34)28(25)19-24)20-23-10-14-26(30)15-11-23;1-3-2;1-2/h10-15,19,27,31H,2-9,16-18,20-21H2,1H3;3H,1H2,2H3;1-2H3. The molecule has 39 heavy (non-hydrogen) atoms. The second kappa shape index (κ2) is 17.6. The first kappa shape index (κ1) is 32.3. The predicted molar refractivity (Wildman–Crippen MR) is 164 cm³/mol. The van der Waals surface area contributed by atoms with Gasteiger partial charge in [0.2, 0.25) is 0 Å². The van der Waals surface area contributed by atoms with Crippen LogP contribution in [0.2, 0.25) is 0 Å². The van der Waals surface area contributed by atoms with Crippen molar-refractivity contribution in [2.45, 2.75) is 91.8 Å². The molecule has 214 valence electrons. The van der Waals surface area contributed by atoms with Gasteiger partial charge in [0.1, 0.15) is 5.82 Å². The summed E-state index contributed by atoms with van der Waals surface area (Å²) in [7, 11) is 0. The van der Waals surface area contributed by atoms with Crippen LogP contribution in [0.5, 0.6) is 0 Å². The molecule has 1 atom stereocenters. The minimum atomic E-state index is -0.261. The fourth-order valence-electron chi connectivity index (χ4n) is 5.23. The minimum Gasteiger partial charge on any atom is -0.385 e. The molecule has 0 spiro atoms. The number of halogens is 1. The number of rotatable bonds is 11. The van der Waals surface area contributed by atoms with Gasteiger partial charge in [0, 0.05) is 43.5 Å². The van der Waals surface area contributed by atoms with Crippen molar-refractivity contribution in [2.75, 3.05) is 19.6 Å². The number of nitrogens with one attached hydrogen (secondary N) is 1. The Hall–Kier alpha value is -2.92. The van der Waals surface area contributed by atoms with E-state index in [1.807, 2.05) is 43.9 Å². The van der Waals surface area contributed by atoms with Crippen molar-refractivity contribution in [3.05, 3.63) is 89.8 Å². The molecule has 1 N–H and O–H groups in total. The van der Waals surface area contributed by atoms with E-state index in [9.17, 15) is 9.18 Å². The number of hydrogen-bond acceptors (Lipinski definition) is 3. The number of nitrogens with zero attached hydrogens (tertiary/aromatic N) is 2. The van der Waals surface area contributed by atoms with E-state index < -0.39 is 0 Å². The van der Waals surface area contributed by atoms with Gasteiger partial charge in [-0.1, -0.05) is 77.0 Å². The third-order valence-electron chi connectivity index (χ3n) is 7.22. The van der Waals surface area contributed by atoms with Crippen LogP contribution in [0.4, 0.5) is 4.39 Å². The molecule has 2 aliphatic heterocycles. The number of benzene rings is 2. The Kier molecular flexibility index (Phi) is 14.6. The molecule has 2 aromatic rings. The molecule has 0 aromatic heterocycles. The lowest BCUT2D eigenvalue weighted by molar-refractivity contribution is 0.0766. The van der Waals surface area contributed by atoms with Gasteiger partial charge in [0.15, 0.2) is 0 Å². The third-order valence-corrected chi connectivity index (χ3v) is 7.22. The minimum absolute atomic E-state index is 0.0252. The summed E-state index contributed by atoms with van der Waals surface area (Å²) < 4.78 is 13.2. The highest BCUT2D eigenvalue weighted by Crippen LogP contribution is 2.27. The molecule has 2 heterocycles. The molecule has 0 bridgehead atoms. The number of hydrogen-bond donors (Lipinski definition) is 1. The van der Waals surface area contributed by atoms with Crippen molar-refractivity contribution in [2.24, 2.45) is 0 Å². The highest BCUT2D eigenvalue weighted by atomic mass is 19.1. The third kappa shape index (κ3) is 9.96. The number of carbonyl (C=O) groups excluding carboxylic acids is 1. The fraction of sp³-hybridized carbons (Fsp3) is 0.500. The summed E-state index contributed by atoms with van der Waals surface area (Å²) in [6, 6.07) is 13.2. The van der Waals surface area contributed by atoms with Gasteiger partial charge in [0.25, 0.3) is 5.91 Å². The lowest BCUT2D eigenvalue weighted by atomic mass is 9.97. The summed E-state index contributed by atoms with van der Waals surface area (Å²) in [4.78, 5) is 17.5. The number of piperidine rings is 1. The van der Waals surface area contributed by atoms with Crippen LogP contribution >= 0.6 is 0 Å². The monoisotopic (exact) mass is 535 g/mol. The Morgan fingerprint density at radius 3 is 2.54 bits per heavy atom. The van der Waals surface area contributed by atoms with Crippen LogP contribution in [0.25, 0.3) is 5.70 Å². The Morgan fingerprint density at radius 2 is 1.85 bits per heavy atom. The van der Waals surface area contributed by atoms with Crippen molar-refractivity contribution >= 4 is 11.6 Å². The number of fused-ring (bicyclic) bond motifs is 1. The molecule has 4 nitrogen and oxygen atoms in total. The first-order valence-electron chi connectivity index (χ1n) is 14.9. The van der Waals surface area contributed by atoms with Crippen LogP contribution in [0.15, 0.2) is 61.7 Å². The second-order valence-electron chi connectivity index (χ2n) is 10.2. The van der Waals surface area contributed by atoms with Gasteiger partial charge < -0.3 is 15.1 Å². The van der Waals surface area contributed by atoms with Gasteiger partial charge in [-0.3, -0.25) is 4.79 Å². The number of likely N-dealkylation sites (tertiary alicyclic amines) is 1. The summed E-state index contributed by atoms with van der Waals surface area (Å²) in [5.74, 6) is -0.236. The molecule has 1 amide bonds. The average molecular weight is 536 g/mol. The quantitative estimate of drug-likeness (QED) is 0.233. The van der Waals surface area contributed by atoms with E-state index in [0.29, 0.717) is 13.1 Å². The highest BCUT2D eigenvalue weighted by Gasteiger charge is 2.28. The molecular weight excluding hydrogens is 485 g/mol. The molecule has 4 rings (SSSR count). The Bertz CT molecular complexity index is 1030. The molecule has 5 heteroatoms. The molecule has 2 aromatic carbocycles. The maximum Gasteiger partial charge on any atom is 0.254 e. The van der Waals surface area contributed by atoms with Crippen LogP contribution in [0, 0.1) is 5.82 Å². The Labute approximate surface area is 237 Å². The highest BCUT2D eigenvalue weighted by molar-refractivity contribution is 5.99. The van der Waals surface area contributed by atoms with Crippen molar-refractivity contribution in [1.29, 1.82) is 0 Å². The van der Waals surface area contributed by atoms with Crippen LogP contribution in [0.1, 0.15) is 99.7 Å². The Balaban J connectivity index is 0.000000998. The maximum atomic E-state index is 13.2. The SMILES string of the molecule is C=C(NCCCN1CCCCC1CCCC)c1ccc2c(c1)C(=O)N(Cc1ccc(F)cc1)C2.C=CC.CC. The second-order valence-corrected chi connectivity index (χ2v) is 10.2. The van der Waals surface area contributed by atoms with Crippen molar-refractivity contribution < 1.29 is 9.18 Å². The van der Waals surface area contributed by atoms with Crippen LogP contribution < -0.4 is 5.32 Å². The molecule has 0 radical (unpaired) electrons. The van der Waals surface area contributed by atoms with Crippen LogP contribution in [-0.2, 0) is 13.1 Å². The van der Waals surface area contributed by atoms with Gasteiger partial charge in [-0.15, -0.1) is 6.58 Å². The van der Waals surface area contributed by atoms with E-state index in [1.54, 1.807) is 18.2 Å². The molecule has 1 saturated heterocycles. The van der Waals surface area contributed by atoms with E-state index in [1.165, 1.54) is 57.2 Å². The summed E-state index contributed by atoms with van der Waals surface area (Å²) in [6.45, 7) is 20.1. The first-order chi connectivity index (χ1) is 19.0. The number of unbranched alkanes of at least 4 members (excludes halogenated alkanes) is 1. The van der Waals surface area contributed by atoms with Gasteiger partial charge in [-0.25, -0.2) is 4.39 Å². The maximum absolute atomic E-state index is 13.2. The summed E-state index contributed by atoms with van der Waals surface area (Å²) >= 11 is 0. The van der Waals surface area contributed by atoms with Crippen molar-refractivity contribution in [1.82, 2.24) is 15.1 Å². The average Bonchev–Trinajstić information content (AvgIpc) is 3.27. The molecular formula is C34H50FN3O. The first-order valence-corrected chi connectivity index (χ1v) is 14.9. The molecule has 0 aliphatic carbocycles. The lowest BCUT2D eigenvalue weighted by Gasteiger charge is -2.36. The fourth-order valence-corrected chi connectivity index (χ4v) is 5.23. The van der Waals surface area contributed by atoms with E-state index in [2.05, 4.69) is 30.3 Å². The van der Waals surface area contributed by atoms with E-state index in [-0.39, 0.29) is 11.7 Å². The number of allylic oxidation sites excluding steroid dienone is 1. The zero-order chi connectivity index (χ0) is 28.6. The predicted octanol–water partition coefficient (Wildman–Crippen LogP) is 8.20. The number of carbonyl (C=O) groups is 1. The van der Waals surface area contributed by atoms with Gasteiger partial charge in [-0.05, 0) is 74.0 Å². The topological polar surface area (TPSA) is 35.6 Å². The van der Waals surface area contributed by atoms with E-state index >= 15 is 0 Å². The summed E-state index contributed by atoms with van der Waals surface area (Å²) in [5, 5.41) is 3.48. The van der Waals surface area contributed by atoms with Crippen molar-refractivity contribution in [3.8, 4) is 0 Å². The largest absolute Gasteiger partial charge is 0.385 e. The van der Waals surface area contributed by atoms with E-state index in [4.69, 9.17) is 0 Å². The van der Waals surface area contributed by atoms with Gasteiger partial charge >= 0.3 is 0 Å². The van der Waals surface area contributed by atoms with Crippen LogP contribution in [0.3, 0.4) is 0 Å². The smallest absolute Gasteiger partial charge is 0.254 e. The van der Waals surface area contributed by atoms with Crippen LogP contribution in [-0.4, -0.2) is 41.4 Å². The zero-order valence-electron chi connectivity index (χ0n) is 24.8. The lowest BCUT2D eigenvalue weighted by Crippen LogP contribution is -2.40. The van der Waals surface area contributed by atoms with Crippen molar-refractivity contribution in [3.63, 3.8) is 0 Å².